The van der Waals surface area contributed by atoms with Crippen molar-refractivity contribution >= 4 is 27.7 Å². The molecular weight excluding hydrogens is 288 g/mol. The molecule has 1 aromatic rings. The second-order valence-electron chi connectivity index (χ2n) is 3.62. The van der Waals surface area contributed by atoms with Gasteiger partial charge in [-0.05, 0) is 25.1 Å². The lowest BCUT2D eigenvalue weighted by atomic mass is 9.92. The molecule has 5 heteroatoms. The lowest BCUT2D eigenvalue weighted by Crippen LogP contribution is -2.32. The normalized spacial score (nSPS) is 18.2. The van der Waals surface area contributed by atoms with Crippen LogP contribution in [0.2, 0.25) is 0 Å². The predicted molar refractivity (Wildman–Crippen MR) is 64.0 cm³/mol. The molecule has 0 spiro atoms. The molecule has 0 amide bonds. The maximum atomic E-state index is 11.8. The van der Waals surface area contributed by atoms with Crippen molar-refractivity contribution in [2.75, 3.05) is 13.2 Å². The van der Waals surface area contributed by atoms with Gasteiger partial charge in [-0.1, -0.05) is 15.9 Å². The largest absolute Gasteiger partial charge is 0.485 e. The highest BCUT2D eigenvalue weighted by Crippen LogP contribution is 2.34. The summed E-state index contributed by atoms with van der Waals surface area (Å²) in [7, 11) is 0. The summed E-state index contributed by atoms with van der Waals surface area (Å²) in [5, 5.41) is 0. The van der Waals surface area contributed by atoms with Crippen LogP contribution in [0.4, 0.5) is 0 Å². The van der Waals surface area contributed by atoms with Crippen molar-refractivity contribution in [1.29, 1.82) is 0 Å². The summed E-state index contributed by atoms with van der Waals surface area (Å²) in [5.74, 6) is -1.09. The number of ether oxygens (including phenoxy) is 2. The molecule has 1 heterocycles. The molecule has 0 radical (unpaired) electrons. The smallest absolute Gasteiger partial charge is 0.321 e. The zero-order valence-corrected chi connectivity index (χ0v) is 10.8. The molecule has 1 aliphatic heterocycles. The van der Waals surface area contributed by atoms with Crippen molar-refractivity contribution in [2.24, 2.45) is 0 Å². The standard InChI is InChI=1S/C12H11BrO4/c1-2-16-12(15)11-8-5-7(13)3-4-10(8)17-6-9(11)14/h3-5,11H,2,6H2,1H3. The van der Waals surface area contributed by atoms with Gasteiger partial charge in [0, 0.05) is 10.0 Å². The highest BCUT2D eigenvalue weighted by Gasteiger charge is 2.36. The van der Waals surface area contributed by atoms with Gasteiger partial charge in [0.25, 0.3) is 0 Å². The molecule has 0 saturated carbocycles. The first-order valence-electron chi connectivity index (χ1n) is 5.25. The van der Waals surface area contributed by atoms with Crippen molar-refractivity contribution in [3.63, 3.8) is 0 Å². The molecule has 1 unspecified atom stereocenters. The van der Waals surface area contributed by atoms with Crippen LogP contribution >= 0.6 is 15.9 Å². The Bertz CT molecular complexity index is 470. The first-order valence-corrected chi connectivity index (χ1v) is 6.04. The number of ketones is 1. The van der Waals surface area contributed by atoms with E-state index in [0.29, 0.717) is 11.3 Å². The number of halogens is 1. The van der Waals surface area contributed by atoms with Gasteiger partial charge < -0.3 is 9.47 Å². The van der Waals surface area contributed by atoms with E-state index in [4.69, 9.17) is 9.47 Å². The van der Waals surface area contributed by atoms with Crippen LogP contribution in [-0.4, -0.2) is 25.0 Å². The Morgan fingerprint density at radius 3 is 3.06 bits per heavy atom. The number of hydrogen-bond donors (Lipinski definition) is 0. The summed E-state index contributed by atoms with van der Waals surface area (Å²) in [6.45, 7) is 1.88. The van der Waals surface area contributed by atoms with Gasteiger partial charge in [0.05, 0.1) is 6.61 Å². The van der Waals surface area contributed by atoms with E-state index in [-0.39, 0.29) is 19.0 Å². The van der Waals surface area contributed by atoms with E-state index >= 15 is 0 Å². The molecule has 0 saturated heterocycles. The zero-order valence-electron chi connectivity index (χ0n) is 9.23. The Balaban J connectivity index is 2.42. The van der Waals surface area contributed by atoms with Gasteiger partial charge in [-0.25, -0.2) is 0 Å². The maximum absolute atomic E-state index is 11.8. The average Bonchev–Trinajstić information content (AvgIpc) is 2.28. The van der Waals surface area contributed by atoms with Crippen LogP contribution in [0, 0.1) is 0 Å². The lowest BCUT2D eigenvalue weighted by molar-refractivity contribution is -0.149. The van der Waals surface area contributed by atoms with Gasteiger partial charge in [0.1, 0.15) is 18.3 Å². The fourth-order valence-electron chi connectivity index (χ4n) is 1.77. The number of benzene rings is 1. The number of rotatable bonds is 2. The second-order valence-corrected chi connectivity index (χ2v) is 4.54. The maximum Gasteiger partial charge on any atom is 0.321 e. The molecule has 0 bridgehead atoms. The molecule has 1 atom stereocenters. The minimum atomic E-state index is -0.865. The molecular formula is C12H11BrO4. The van der Waals surface area contributed by atoms with Crippen LogP contribution in [0.25, 0.3) is 0 Å². The van der Waals surface area contributed by atoms with Crippen LogP contribution in [0.5, 0.6) is 5.75 Å². The highest BCUT2D eigenvalue weighted by molar-refractivity contribution is 9.10. The van der Waals surface area contributed by atoms with Crippen LogP contribution < -0.4 is 4.74 Å². The van der Waals surface area contributed by atoms with Gasteiger partial charge >= 0.3 is 5.97 Å². The van der Waals surface area contributed by atoms with Crippen molar-refractivity contribution in [1.82, 2.24) is 0 Å². The Morgan fingerprint density at radius 1 is 1.59 bits per heavy atom. The number of Topliss-reactive ketones (excluding diaryl/α,β-unsaturated/α-hetero) is 1. The van der Waals surface area contributed by atoms with Gasteiger partial charge in [0.15, 0.2) is 5.78 Å². The molecule has 0 N–H and O–H groups in total. The number of fused-ring (bicyclic) bond motifs is 1. The SMILES string of the molecule is CCOC(=O)C1C(=O)COc2ccc(Br)cc21. The molecule has 0 fully saturated rings. The molecule has 2 rings (SSSR count). The Labute approximate surface area is 107 Å². The Hall–Kier alpha value is -1.36. The van der Waals surface area contributed by atoms with E-state index in [1.165, 1.54) is 0 Å². The fraction of sp³-hybridized carbons (Fsp3) is 0.333. The number of hydrogen-bond acceptors (Lipinski definition) is 4. The van der Waals surface area contributed by atoms with Crippen molar-refractivity contribution in [3.05, 3.63) is 28.2 Å². The monoisotopic (exact) mass is 298 g/mol. The molecule has 0 aliphatic carbocycles. The van der Waals surface area contributed by atoms with E-state index < -0.39 is 11.9 Å². The van der Waals surface area contributed by atoms with E-state index in [0.717, 1.165) is 4.47 Å². The topological polar surface area (TPSA) is 52.6 Å². The van der Waals surface area contributed by atoms with E-state index in [2.05, 4.69) is 15.9 Å². The van der Waals surface area contributed by atoms with Crippen LogP contribution in [0.3, 0.4) is 0 Å². The van der Waals surface area contributed by atoms with Gasteiger partial charge in [-0.15, -0.1) is 0 Å². The molecule has 17 heavy (non-hydrogen) atoms. The second kappa shape index (κ2) is 4.87. The van der Waals surface area contributed by atoms with Crippen molar-refractivity contribution < 1.29 is 19.1 Å². The van der Waals surface area contributed by atoms with Crippen LogP contribution in [0.15, 0.2) is 22.7 Å². The van der Waals surface area contributed by atoms with Gasteiger partial charge in [-0.3, -0.25) is 9.59 Å². The highest BCUT2D eigenvalue weighted by atomic mass is 79.9. The minimum absolute atomic E-state index is 0.0852. The Morgan fingerprint density at radius 2 is 2.35 bits per heavy atom. The lowest BCUT2D eigenvalue weighted by Gasteiger charge is -2.23. The molecule has 0 aromatic heterocycles. The third-order valence-electron chi connectivity index (χ3n) is 2.50. The third-order valence-corrected chi connectivity index (χ3v) is 2.99. The van der Waals surface area contributed by atoms with Crippen molar-refractivity contribution in [3.8, 4) is 5.75 Å². The zero-order chi connectivity index (χ0) is 12.4. The Kier molecular flexibility index (Phi) is 3.47. The van der Waals surface area contributed by atoms with Crippen LogP contribution in [0.1, 0.15) is 18.4 Å². The van der Waals surface area contributed by atoms with E-state index in [1.54, 1.807) is 25.1 Å². The van der Waals surface area contributed by atoms with Crippen LogP contribution in [-0.2, 0) is 14.3 Å². The molecule has 1 aromatic carbocycles. The van der Waals surface area contributed by atoms with Gasteiger partial charge in [0.2, 0.25) is 0 Å². The third kappa shape index (κ3) is 2.34. The first kappa shape index (κ1) is 12.1. The predicted octanol–water partition coefficient (Wildman–Crippen LogP) is 2.06. The van der Waals surface area contributed by atoms with E-state index in [1.807, 2.05) is 0 Å². The summed E-state index contributed by atoms with van der Waals surface area (Å²) >= 11 is 3.31. The quantitative estimate of drug-likeness (QED) is 0.619. The molecule has 1 aliphatic rings. The summed E-state index contributed by atoms with van der Waals surface area (Å²) in [6, 6.07) is 5.25. The fourth-order valence-corrected chi connectivity index (χ4v) is 2.14. The number of carbonyl (C=O) groups is 2. The van der Waals surface area contributed by atoms with Gasteiger partial charge in [-0.2, -0.15) is 0 Å². The summed E-state index contributed by atoms with van der Waals surface area (Å²) in [5.41, 5.74) is 0.564. The number of esters is 1. The molecule has 90 valence electrons. The summed E-state index contributed by atoms with van der Waals surface area (Å²) in [4.78, 5) is 23.5. The summed E-state index contributed by atoms with van der Waals surface area (Å²) < 4.78 is 11.0. The average molecular weight is 299 g/mol. The van der Waals surface area contributed by atoms with Crippen molar-refractivity contribution in [2.45, 2.75) is 12.8 Å². The van der Waals surface area contributed by atoms with E-state index in [9.17, 15) is 9.59 Å². The first-order chi connectivity index (χ1) is 8.13. The minimum Gasteiger partial charge on any atom is -0.485 e. The summed E-state index contributed by atoms with van der Waals surface area (Å²) in [6.07, 6.45) is 0. The number of carbonyl (C=O) groups excluding carboxylic acids is 2. The molecule has 4 nitrogen and oxygen atoms in total.